The highest BCUT2D eigenvalue weighted by Crippen LogP contribution is 2.10. The molecule has 0 unspecified atom stereocenters. The number of carbonyl (C=O) groups excluding carboxylic acids is 2. The van der Waals surface area contributed by atoms with Crippen LogP contribution < -0.4 is 16.0 Å². The first-order valence-electron chi connectivity index (χ1n) is 7.12. The summed E-state index contributed by atoms with van der Waals surface area (Å²) in [6.07, 6.45) is 3.59. The highest BCUT2D eigenvalue weighted by atomic mass is 16.8. The number of imidazole rings is 1. The second kappa shape index (κ2) is 11.0. The summed E-state index contributed by atoms with van der Waals surface area (Å²) >= 11 is 0. The normalized spacial score (nSPS) is 12.1. The van der Waals surface area contributed by atoms with E-state index in [1.807, 2.05) is 0 Å². The number of hydrogen-bond donors (Lipinski definition) is 3. The van der Waals surface area contributed by atoms with E-state index in [1.54, 1.807) is 18.1 Å². The number of amides is 1. The lowest BCUT2D eigenvalue weighted by Crippen LogP contribution is -2.46. The summed E-state index contributed by atoms with van der Waals surface area (Å²) in [6.45, 7) is 1.41. The number of primary amides is 1. The molecule has 0 spiro atoms. The molecule has 0 aliphatic heterocycles. The van der Waals surface area contributed by atoms with Crippen molar-refractivity contribution in [2.75, 3.05) is 45.4 Å². The summed E-state index contributed by atoms with van der Waals surface area (Å²) in [6, 6.07) is -0.611. The second-order valence-electron chi connectivity index (χ2n) is 4.58. The topological polar surface area (TPSA) is 144 Å². The van der Waals surface area contributed by atoms with Gasteiger partial charge in [0.15, 0.2) is 0 Å². The zero-order valence-corrected chi connectivity index (χ0v) is 13.6. The molecule has 4 N–H and O–H groups in total. The maximum atomic E-state index is 11.5. The van der Waals surface area contributed by atoms with Crippen molar-refractivity contribution in [3.05, 3.63) is 12.5 Å². The third kappa shape index (κ3) is 7.07. The standard InChI is InChI=1S/C13H22N6O5/c1-19(11-7-16-9-17-11)10(12(14)20)8-23-6-5-15-3-4-18-24-13(21)22-2/h4,7,9-10,15H,3,5-6,8H2,1-2H3,(H2,14,20)(H,16,17)/t10-/m0/s1. The molecule has 1 atom stereocenters. The molecular weight excluding hydrogens is 320 g/mol. The first-order chi connectivity index (χ1) is 11.6. The van der Waals surface area contributed by atoms with Crippen molar-refractivity contribution >= 4 is 24.1 Å². The van der Waals surface area contributed by atoms with E-state index in [2.05, 4.69) is 30.0 Å². The van der Waals surface area contributed by atoms with E-state index < -0.39 is 18.1 Å². The van der Waals surface area contributed by atoms with Crippen LogP contribution in [0.2, 0.25) is 0 Å². The largest absolute Gasteiger partial charge is 0.534 e. The van der Waals surface area contributed by atoms with E-state index in [0.29, 0.717) is 25.5 Å². The number of aromatic nitrogens is 2. The Morgan fingerprint density at radius 2 is 2.38 bits per heavy atom. The predicted octanol–water partition coefficient (Wildman–Crippen LogP) is -0.925. The Balaban J connectivity index is 2.18. The summed E-state index contributed by atoms with van der Waals surface area (Å²) in [5, 5.41) is 6.37. The molecule has 24 heavy (non-hydrogen) atoms. The van der Waals surface area contributed by atoms with Gasteiger partial charge in [-0.05, 0) is 0 Å². The first-order valence-corrected chi connectivity index (χ1v) is 7.12. The fourth-order valence-electron chi connectivity index (χ4n) is 1.65. The molecule has 1 aromatic rings. The van der Waals surface area contributed by atoms with E-state index in [1.165, 1.54) is 19.7 Å². The van der Waals surface area contributed by atoms with Gasteiger partial charge < -0.3 is 30.4 Å². The highest BCUT2D eigenvalue weighted by Gasteiger charge is 2.22. The average molecular weight is 342 g/mol. The number of likely N-dealkylation sites (N-methyl/N-ethyl adjacent to an activating group) is 1. The molecule has 0 bridgehead atoms. The summed E-state index contributed by atoms with van der Waals surface area (Å²) in [7, 11) is 2.92. The number of ether oxygens (including phenoxy) is 2. The van der Waals surface area contributed by atoms with Crippen molar-refractivity contribution in [1.29, 1.82) is 0 Å². The predicted molar refractivity (Wildman–Crippen MR) is 85.6 cm³/mol. The van der Waals surface area contributed by atoms with E-state index >= 15 is 0 Å². The van der Waals surface area contributed by atoms with Crippen molar-refractivity contribution in [3.63, 3.8) is 0 Å². The van der Waals surface area contributed by atoms with Crippen LogP contribution in [-0.4, -0.2) is 74.7 Å². The quantitative estimate of drug-likeness (QED) is 0.154. The van der Waals surface area contributed by atoms with Crippen LogP contribution in [0.5, 0.6) is 0 Å². The van der Waals surface area contributed by atoms with Crippen LogP contribution in [0.4, 0.5) is 10.6 Å². The minimum Gasteiger partial charge on any atom is -0.436 e. The Morgan fingerprint density at radius 3 is 3.00 bits per heavy atom. The van der Waals surface area contributed by atoms with Gasteiger partial charge in [-0.3, -0.25) is 9.63 Å². The Hall–Kier alpha value is -2.66. The van der Waals surface area contributed by atoms with Crippen LogP contribution in [0.25, 0.3) is 0 Å². The van der Waals surface area contributed by atoms with Crippen LogP contribution >= 0.6 is 0 Å². The molecule has 0 fully saturated rings. The van der Waals surface area contributed by atoms with Crippen LogP contribution in [-0.2, 0) is 19.1 Å². The van der Waals surface area contributed by atoms with Gasteiger partial charge in [0.25, 0.3) is 0 Å². The maximum absolute atomic E-state index is 11.5. The van der Waals surface area contributed by atoms with Crippen LogP contribution in [0.1, 0.15) is 0 Å². The third-order valence-corrected chi connectivity index (χ3v) is 2.96. The number of nitrogens with zero attached hydrogens (tertiary/aromatic N) is 3. The molecule has 0 aromatic carbocycles. The summed E-state index contributed by atoms with van der Waals surface area (Å²) < 4.78 is 9.68. The van der Waals surface area contributed by atoms with Gasteiger partial charge >= 0.3 is 6.16 Å². The molecule has 0 aliphatic rings. The summed E-state index contributed by atoms with van der Waals surface area (Å²) in [4.78, 5) is 34.9. The number of nitrogens with one attached hydrogen (secondary N) is 2. The Kier molecular flexibility index (Phi) is 8.86. The zero-order valence-electron chi connectivity index (χ0n) is 13.6. The van der Waals surface area contributed by atoms with Gasteiger partial charge in [-0.15, -0.1) is 0 Å². The van der Waals surface area contributed by atoms with Gasteiger partial charge in [-0.25, -0.2) is 9.78 Å². The van der Waals surface area contributed by atoms with Gasteiger partial charge in [-0.2, -0.15) is 0 Å². The molecule has 0 saturated heterocycles. The van der Waals surface area contributed by atoms with Crippen LogP contribution in [0, 0.1) is 0 Å². The van der Waals surface area contributed by atoms with Crippen LogP contribution in [0.15, 0.2) is 17.7 Å². The fraction of sp³-hybridized carbons (Fsp3) is 0.538. The highest BCUT2D eigenvalue weighted by molar-refractivity contribution is 5.83. The number of aromatic amines is 1. The molecule has 1 rings (SSSR count). The monoisotopic (exact) mass is 342 g/mol. The third-order valence-electron chi connectivity index (χ3n) is 2.96. The number of carbonyl (C=O) groups is 2. The van der Waals surface area contributed by atoms with Crippen LogP contribution in [0.3, 0.4) is 0 Å². The molecule has 1 amide bonds. The SMILES string of the molecule is COC(=O)ON=CCNCCOC[C@@H](C(N)=O)N(C)c1cnc[nH]1. The Morgan fingerprint density at radius 1 is 1.58 bits per heavy atom. The van der Waals surface area contributed by atoms with E-state index in [4.69, 9.17) is 10.5 Å². The van der Waals surface area contributed by atoms with Crippen molar-refractivity contribution in [2.24, 2.45) is 10.9 Å². The molecular formula is C13H22N6O5. The van der Waals surface area contributed by atoms with E-state index in [0.717, 1.165) is 0 Å². The number of anilines is 1. The van der Waals surface area contributed by atoms with E-state index in [9.17, 15) is 9.59 Å². The lowest BCUT2D eigenvalue weighted by atomic mass is 10.2. The van der Waals surface area contributed by atoms with E-state index in [-0.39, 0.29) is 6.61 Å². The molecule has 11 nitrogen and oxygen atoms in total. The van der Waals surface area contributed by atoms with Gasteiger partial charge in [0, 0.05) is 20.1 Å². The summed E-state index contributed by atoms with van der Waals surface area (Å²) in [5.74, 6) is 0.175. The number of methoxy groups -OCH3 is 1. The van der Waals surface area contributed by atoms with Crippen molar-refractivity contribution in [1.82, 2.24) is 15.3 Å². The number of hydrogen-bond acceptors (Lipinski definition) is 9. The molecule has 0 aliphatic carbocycles. The minimum atomic E-state index is -0.881. The summed E-state index contributed by atoms with van der Waals surface area (Å²) in [5.41, 5.74) is 5.40. The number of nitrogens with two attached hydrogens (primary N) is 1. The lowest BCUT2D eigenvalue weighted by molar-refractivity contribution is -0.120. The molecule has 134 valence electrons. The van der Waals surface area contributed by atoms with Gasteiger partial charge in [-0.1, -0.05) is 5.16 Å². The molecule has 0 saturated carbocycles. The smallest absolute Gasteiger partial charge is 0.436 e. The molecule has 1 heterocycles. The lowest BCUT2D eigenvalue weighted by Gasteiger charge is -2.25. The molecule has 0 radical (unpaired) electrons. The fourth-order valence-corrected chi connectivity index (χ4v) is 1.65. The molecule has 1 aromatic heterocycles. The van der Waals surface area contributed by atoms with Crippen molar-refractivity contribution in [2.45, 2.75) is 6.04 Å². The van der Waals surface area contributed by atoms with Gasteiger partial charge in [0.05, 0.1) is 39.1 Å². The van der Waals surface area contributed by atoms with Crippen molar-refractivity contribution in [3.8, 4) is 0 Å². The van der Waals surface area contributed by atoms with Gasteiger partial charge in [0.2, 0.25) is 5.91 Å². The Bertz CT molecular complexity index is 521. The van der Waals surface area contributed by atoms with Gasteiger partial charge in [0.1, 0.15) is 11.9 Å². The Labute approximate surface area is 139 Å². The molecule has 11 heteroatoms. The zero-order chi connectivity index (χ0) is 17.8. The number of H-pyrrole nitrogens is 1. The maximum Gasteiger partial charge on any atom is 0.534 e. The number of oxime groups is 1. The van der Waals surface area contributed by atoms with Crippen molar-refractivity contribution < 1.29 is 23.9 Å². The number of rotatable bonds is 11. The second-order valence-corrected chi connectivity index (χ2v) is 4.58. The average Bonchev–Trinajstić information content (AvgIpc) is 3.10. The first kappa shape index (κ1) is 19.4. The minimum absolute atomic E-state index is 0.145.